The summed E-state index contributed by atoms with van der Waals surface area (Å²) >= 11 is 1.41. The lowest BCUT2D eigenvalue weighted by Gasteiger charge is -2.65. The summed E-state index contributed by atoms with van der Waals surface area (Å²) in [4.78, 5) is 37.9. The molecule has 0 radical (unpaired) electrons. The molecule has 0 bridgehead atoms. The second kappa shape index (κ2) is 9.33. The minimum absolute atomic E-state index is 0.0303. The van der Waals surface area contributed by atoms with Gasteiger partial charge >= 0.3 is 5.97 Å². The van der Waals surface area contributed by atoms with Gasteiger partial charge in [0.2, 0.25) is 11.6 Å². The molecule has 0 aromatic heterocycles. The quantitative estimate of drug-likeness (QED) is 0.475. The van der Waals surface area contributed by atoms with Crippen molar-refractivity contribution in [1.82, 2.24) is 0 Å². The van der Waals surface area contributed by atoms with Gasteiger partial charge < -0.3 is 19.3 Å². The predicted octanol–water partition coefficient (Wildman–Crippen LogP) is 4.24. The van der Waals surface area contributed by atoms with E-state index in [1.165, 1.54) is 17.8 Å². The predicted molar refractivity (Wildman–Crippen MR) is 138 cm³/mol. The number of hydrogen-bond donors (Lipinski definition) is 1. The first kappa shape index (κ1) is 27.8. The zero-order valence-electron chi connectivity index (χ0n) is 22.8. The van der Waals surface area contributed by atoms with Crippen LogP contribution in [-0.4, -0.2) is 70.3 Å². The average Bonchev–Trinajstić information content (AvgIpc) is 3.42. The largest absolute Gasteiger partial charge is 0.464 e. The van der Waals surface area contributed by atoms with Gasteiger partial charge in [-0.3, -0.25) is 14.4 Å². The third-order valence-electron chi connectivity index (χ3n) is 10.9. The standard InChI is InChI=1S/C29H38F2O7S/c1-4-5-25-37-28(38-25)14-27(3)19(10-22(28)33)20(30)9-18-16-6-7-17(26(16,2)11-23(34)29(18,27)31)21(32)13-39-15-8-24(35)36-12-15/h10,15-18,20,23,25,34H,4-9,11-14H2,1-3H3/t15-,16+,17+,18+,20+,23+,25?,26+,27+,28?,29+/m1/s1. The Hall–Kier alpha value is -1.36. The molecule has 5 fully saturated rings. The number of halogens is 2. The van der Waals surface area contributed by atoms with Crippen molar-refractivity contribution in [2.24, 2.45) is 28.6 Å². The number of aliphatic hydroxyl groups excluding tert-OH is 1. The van der Waals surface area contributed by atoms with Crippen LogP contribution in [0.3, 0.4) is 0 Å². The number of cyclic esters (lactones) is 1. The van der Waals surface area contributed by atoms with E-state index in [1.807, 2.05) is 13.8 Å². The Morgan fingerprint density at radius 3 is 2.62 bits per heavy atom. The number of carbonyl (C=O) groups is 3. The van der Waals surface area contributed by atoms with E-state index in [0.717, 1.165) is 6.42 Å². The minimum atomic E-state index is -2.20. The lowest BCUT2D eigenvalue weighted by Crippen LogP contribution is -2.73. The molecule has 0 amide bonds. The van der Waals surface area contributed by atoms with Crippen LogP contribution in [0.1, 0.15) is 72.1 Å². The van der Waals surface area contributed by atoms with Crippen molar-refractivity contribution in [1.29, 1.82) is 0 Å². The van der Waals surface area contributed by atoms with Crippen LogP contribution < -0.4 is 0 Å². The van der Waals surface area contributed by atoms with Gasteiger partial charge in [-0.15, -0.1) is 11.8 Å². The molecule has 6 aliphatic rings. The topological polar surface area (TPSA) is 99.1 Å². The first-order valence-corrected chi connectivity index (χ1v) is 15.4. The normalized spacial score (nSPS) is 50.5. The van der Waals surface area contributed by atoms with E-state index in [2.05, 4.69) is 0 Å². The van der Waals surface area contributed by atoms with Crippen LogP contribution in [0.2, 0.25) is 0 Å². The van der Waals surface area contributed by atoms with E-state index in [0.29, 0.717) is 25.9 Å². The van der Waals surface area contributed by atoms with Gasteiger partial charge in [0.15, 0.2) is 6.29 Å². The number of ketones is 2. The van der Waals surface area contributed by atoms with E-state index in [1.54, 1.807) is 6.92 Å². The van der Waals surface area contributed by atoms with Gasteiger partial charge in [0.1, 0.15) is 24.2 Å². The maximum absolute atomic E-state index is 17.7. The lowest BCUT2D eigenvalue weighted by atomic mass is 9.43. The highest BCUT2D eigenvalue weighted by Crippen LogP contribution is 2.71. The Morgan fingerprint density at radius 1 is 1.21 bits per heavy atom. The van der Waals surface area contributed by atoms with Crippen molar-refractivity contribution in [3.63, 3.8) is 0 Å². The zero-order chi connectivity index (χ0) is 28.0. The van der Waals surface area contributed by atoms with Crippen molar-refractivity contribution in [2.45, 2.75) is 107 Å². The van der Waals surface area contributed by atoms with E-state index >= 15 is 8.78 Å². The molecule has 0 unspecified atom stereocenters. The van der Waals surface area contributed by atoms with Crippen molar-refractivity contribution < 1.29 is 42.5 Å². The molecular weight excluding hydrogens is 530 g/mol. The van der Waals surface area contributed by atoms with Gasteiger partial charge in [0.25, 0.3) is 0 Å². The van der Waals surface area contributed by atoms with Gasteiger partial charge in [-0.1, -0.05) is 27.2 Å². The van der Waals surface area contributed by atoms with Crippen molar-refractivity contribution in [3.8, 4) is 0 Å². The van der Waals surface area contributed by atoms with Crippen LogP contribution in [0.4, 0.5) is 8.78 Å². The van der Waals surface area contributed by atoms with E-state index < -0.39 is 52.6 Å². The van der Waals surface area contributed by atoms with Crippen LogP contribution in [-0.2, 0) is 28.6 Å². The number of fused-ring (bicyclic) bond motifs is 5. The molecular formula is C29H38F2O7S. The minimum Gasteiger partial charge on any atom is -0.464 e. The first-order chi connectivity index (χ1) is 18.4. The second-order valence-corrected chi connectivity index (χ2v) is 14.3. The van der Waals surface area contributed by atoms with Crippen molar-refractivity contribution in [2.75, 3.05) is 12.4 Å². The van der Waals surface area contributed by atoms with Crippen molar-refractivity contribution >= 4 is 29.3 Å². The van der Waals surface area contributed by atoms with Crippen LogP contribution in [0, 0.1) is 28.6 Å². The Morgan fingerprint density at radius 2 is 1.95 bits per heavy atom. The highest BCUT2D eigenvalue weighted by atomic mass is 32.2. The fourth-order valence-electron chi connectivity index (χ4n) is 9.06. The van der Waals surface area contributed by atoms with E-state index in [9.17, 15) is 19.5 Å². The highest BCUT2D eigenvalue weighted by Gasteiger charge is 2.75. The molecule has 10 heteroatoms. The molecule has 216 valence electrons. The Balaban J connectivity index is 1.26. The molecule has 2 heterocycles. The van der Waals surface area contributed by atoms with Gasteiger partial charge in [0.05, 0.1) is 18.3 Å². The summed E-state index contributed by atoms with van der Waals surface area (Å²) in [6.07, 6.45) is 0.219. The van der Waals surface area contributed by atoms with Crippen LogP contribution in [0.5, 0.6) is 0 Å². The lowest BCUT2D eigenvalue weighted by molar-refractivity contribution is -0.439. The number of thioether (sulfide) groups is 1. The summed E-state index contributed by atoms with van der Waals surface area (Å²) in [5.74, 6) is -3.62. The van der Waals surface area contributed by atoms with Crippen LogP contribution in [0.25, 0.3) is 0 Å². The molecule has 2 saturated heterocycles. The monoisotopic (exact) mass is 568 g/mol. The number of alkyl halides is 2. The maximum atomic E-state index is 17.7. The molecule has 1 N–H and O–H groups in total. The molecule has 0 aromatic rings. The van der Waals surface area contributed by atoms with Gasteiger partial charge in [0, 0.05) is 28.9 Å². The van der Waals surface area contributed by atoms with Crippen molar-refractivity contribution in [3.05, 3.63) is 11.6 Å². The summed E-state index contributed by atoms with van der Waals surface area (Å²) in [5.41, 5.74) is -4.28. The van der Waals surface area contributed by atoms with Gasteiger partial charge in [-0.2, -0.15) is 0 Å². The number of carbonyl (C=O) groups excluding carboxylic acids is 3. The molecule has 6 rings (SSSR count). The SMILES string of the molecule is CCCC1OC2(C[C@@]3(C)C(=CC2=O)[C@@H](F)C[C@H]2[C@@H]4CC[C@@H](C(=O)CS[C@H]5COC(=O)C5)[C@@]4(C)C[C@H](O)[C@@]23F)O1. The number of ether oxygens (including phenoxy) is 3. The highest BCUT2D eigenvalue weighted by molar-refractivity contribution is 8.00. The average molecular weight is 569 g/mol. The zero-order valence-corrected chi connectivity index (χ0v) is 23.6. The maximum Gasteiger partial charge on any atom is 0.307 e. The van der Waals surface area contributed by atoms with Crippen LogP contribution in [0.15, 0.2) is 11.6 Å². The molecule has 39 heavy (non-hydrogen) atoms. The number of allylic oxidation sites excluding steroid dienone is 1. The number of rotatable bonds is 6. The fraction of sp³-hybridized carbons (Fsp3) is 0.828. The van der Waals surface area contributed by atoms with E-state index in [4.69, 9.17) is 14.2 Å². The third kappa shape index (κ3) is 3.87. The van der Waals surface area contributed by atoms with Gasteiger partial charge in [-0.25, -0.2) is 8.78 Å². The molecule has 9 atom stereocenters. The number of Topliss-reactive ketones (excluding diaryl/α,β-unsaturated/α-hetero) is 1. The number of aliphatic hydroxyl groups is 1. The summed E-state index contributed by atoms with van der Waals surface area (Å²) in [7, 11) is 0. The summed E-state index contributed by atoms with van der Waals surface area (Å²) in [6.45, 7) is 5.82. The Labute approximate surface area is 231 Å². The van der Waals surface area contributed by atoms with E-state index in [-0.39, 0.29) is 65.8 Å². The molecule has 0 aromatic carbocycles. The molecule has 7 nitrogen and oxygen atoms in total. The molecule has 4 aliphatic carbocycles. The number of esters is 1. The summed E-state index contributed by atoms with van der Waals surface area (Å²) in [6, 6.07) is 0. The van der Waals surface area contributed by atoms with Crippen LogP contribution >= 0.6 is 11.8 Å². The fourth-order valence-corrected chi connectivity index (χ4v) is 10.1. The molecule has 3 saturated carbocycles. The molecule has 1 spiro atoms. The summed E-state index contributed by atoms with van der Waals surface area (Å²) < 4.78 is 50.4. The Kier molecular flexibility index (Phi) is 6.65. The third-order valence-corrected chi connectivity index (χ3v) is 12.2. The second-order valence-electron chi connectivity index (χ2n) is 13.0. The molecule has 2 aliphatic heterocycles. The first-order valence-electron chi connectivity index (χ1n) is 14.3. The Bertz CT molecular complexity index is 1110. The smallest absolute Gasteiger partial charge is 0.307 e. The summed E-state index contributed by atoms with van der Waals surface area (Å²) in [5, 5.41) is 11.5. The van der Waals surface area contributed by atoms with Gasteiger partial charge in [-0.05, 0) is 55.1 Å². The number of hydrogen-bond acceptors (Lipinski definition) is 8.